The van der Waals surface area contributed by atoms with Gasteiger partial charge in [0.15, 0.2) is 0 Å². The molecule has 0 radical (unpaired) electrons. The van der Waals surface area contributed by atoms with E-state index in [0.717, 1.165) is 29.7 Å². The zero-order chi connectivity index (χ0) is 25.2. The summed E-state index contributed by atoms with van der Waals surface area (Å²) in [5.74, 6) is -0.604. The summed E-state index contributed by atoms with van der Waals surface area (Å²) in [6, 6.07) is 14.4. The molecule has 5 nitrogen and oxygen atoms in total. The molecule has 2 aliphatic rings. The van der Waals surface area contributed by atoms with E-state index in [0.29, 0.717) is 19.6 Å². The van der Waals surface area contributed by atoms with Crippen molar-refractivity contribution in [3.63, 3.8) is 0 Å². The second kappa shape index (κ2) is 10.5. The van der Waals surface area contributed by atoms with Crippen molar-refractivity contribution in [1.82, 2.24) is 14.7 Å². The van der Waals surface area contributed by atoms with E-state index in [-0.39, 0.29) is 48.5 Å². The Hall–Kier alpha value is -3.10. The van der Waals surface area contributed by atoms with Gasteiger partial charge in [0.1, 0.15) is 11.6 Å². The molecule has 1 fully saturated rings. The standard InChI is InChI=1S/C28H29F2N3O2S/c1-19-17-31(12-13-33(19)26(34)15-20-5-7-22(29)8-6-20)27(35)18-32-11-9-25-24(10-14-36-25)28(32)21-3-2-4-23(30)16-21/h2-8,10,14,16,19,28H,9,11-13,15,17-18H2,1H3/t19-,28+/m1/s1. The molecule has 36 heavy (non-hydrogen) atoms. The number of carbonyl (C=O) groups excluding carboxylic acids is 2. The van der Waals surface area contributed by atoms with Crippen LogP contribution in [0.5, 0.6) is 0 Å². The van der Waals surface area contributed by atoms with Gasteiger partial charge < -0.3 is 9.80 Å². The number of carbonyl (C=O) groups is 2. The van der Waals surface area contributed by atoms with Crippen LogP contribution in [0.1, 0.15) is 34.5 Å². The Balaban J connectivity index is 1.24. The van der Waals surface area contributed by atoms with Gasteiger partial charge in [-0.3, -0.25) is 14.5 Å². The zero-order valence-electron chi connectivity index (χ0n) is 20.2. The number of rotatable bonds is 5. The monoisotopic (exact) mass is 509 g/mol. The molecule has 0 saturated carbocycles. The number of amides is 2. The lowest BCUT2D eigenvalue weighted by atomic mass is 9.93. The van der Waals surface area contributed by atoms with E-state index in [1.807, 2.05) is 17.9 Å². The first kappa shape index (κ1) is 24.6. The quantitative estimate of drug-likeness (QED) is 0.516. The first-order chi connectivity index (χ1) is 17.4. The van der Waals surface area contributed by atoms with Gasteiger partial charge in [0.05, 0.1) is 19.0 Å². The van der Waals surface area contributed by atoms with Crippen molar-refractivity contribution in [3.05, 3.63) is 93.2 Å². The number of fused-ring (bicyclic) bond motifs is 1. The molecule has 0 spiro atoms. The van der Waals surface area contributed by atoms with Crippen LogP contribution in [0.3, 0.4) is 0 Å². The fourth-order valence-electron chi connectivity index (χ4n) is 5.31. The lowest BCUT2D eigenvalue weighted by Gasteiger charge is -2.42. The Morgan fingerprint density at radius 2 is 1.78 bits per heavy atom. The van der Waals surface area contributed by atoms with Crippen LogP contribution in [0.2, 0.25) is 0 Å². The predicted octanol–water partition coefficient (Wildman–Crippen LogP) is 4.28. The molecular weight excluding hydrogens is 480 g/mol. The maximum atomic E-state index is 14.1. The largest absolute Gasteiger partial charge is 0.338 e. The fraction of sp³-hybridized carbons (Fsp3) is 0.357. The van der Waals surface area contributed by atoms with Crippen LogP contribution in [0.25, 0.3) is 0 Å². The summed E-state index contributed by atoms with van der Waals surface area (Å²) < 4.78 is 27.2. The maximum absolute atomic E-state index is 14.1. The Bertz CT molecular complexity index is 1250. The molecule has 0 unspecified atom stereocenters. The molecule has 5 rings (SSSR count). The molecular formula is C28H29F2N3O2S. The minimum atomic E-state index is -0.324. The molecule has 0 N–H and O–H groups in total. The molecule has 8 heteroatoms. The number of nitrogens with zero attached hydrogens (tertiary/aromatic N) is 3. The topological polar surface area (TPSA) is 43.9 Å². The number of thiophene rings is 1. The van der Waals surface area contributed by atoms with Gasteiger partial charge in [0, 0.05) is 37.1 Å². The smallest absolute Gasteiger partial charge is 0.236 e. The lowest BCUT2D eigenvalue weighted by molar-refractivity contribution is -0.143. The molecule has 3 aromatic rings. The molecule has 2 aliphatic heterocycles. The second-order valence-corrected chi connectivity index (χ2v) is 10.6. The summed E-state index contributed by atoms with van der Waals surface area (Å²) in [6.07, 6.45) is 1.08. The summed E-state index contributed by atoms with van der Waals surface area (Å²) in [5.41, 5.74) is 2.77. The number of halogens is 2. The van der Waals surface area contributed by atoms with E-state index >= 15 is 0 Å². The van der Waals surface area contributed by atoms with E-state index < -0.39 is 0 Å². The van der Waals surface area contributed by atoms with Crippen LogP contribution in [-0.4, -0.2) is 65.3 Å². The highest BCUT2D eigenvalue weighted by atomic mass is 32.1. The van der Waals surface area contributed by atoms with E-state index in [1.54, 1.807) is 40.5 Å². The van der Waals surface area contributed by atoms with Gasteiger partial charge in [-0.1, -0.05) is 24.3 Å². The molecule has 2 amide bonds. The molecule has 1 saturated heterocycles. The summed E-state index contributed by atoms with van der Waals surface area (Å²) in [6.45, 7) is 4.33. The third kappa shape index (κ3) is 5.20. The highest BCUT2D eigenvalue weighted by Gasteiger charge is 2.34. The van der Waals surface area contributed by atoms with Gasteiger partial charge >= 0.3 is 0 Å². The van der Waals surface area contributed by atoms with Gasteiger partial charge in [-0.2, -0.15) is 0 Å². The van der Waals surface area contributed by atoms with Crippen molar-refractivity contribution in [2.24, 2.45) is 0 Å². The zero-order valence-corrected chi connectivity index (χ0v) is 21.0. The Morgan fingerprint density at radius 3 is 2.53 bits per heavy atom. The maximum Gasteiger partial charge on any atom is 0.236 e. The van der Waals surface area contributed by atoms with Crippen LogP contribution in [0.15, 0.2) is 60.0 Å². The molecule has 0 aliphatic carbocycles. The van der Waals surface area contributed by atoms with Gasteiger partial charge in [0.2, 0.25) is 11.8 Å². The Kier molecular flexibility index (Phi) is 7.16. The molecule has 1 aromatic heterocycles. The van der Waals surface area contributed by atoms with Gasteiger partial charge in [0.25, 0.3) is 0 Å². The number of piperazine rings is 1. The van der Waals surface area contributed by atoms with Gasteiger partial charge in [-0.05, 0) is 65.7 Å². The predicted molar refractivity (Wildman–Crippen MR) is 136 cm³/mol. The van der Waals surface area contributed by atoms with Crippen LogP contribution in [-0.2, 0) is 22.4 Å². The van der Waals surface area contributed by atoms with Crippen molar-refractivity contribution in [1.29, 1.82) is 0 Å². The summed E-state index contributed by atoms with van der Waals surface area (Å²) in [4.78, 5) is 33.3. The summed E-state index contributed by atoms with van der Waals surface area (Å²) in [5, 5.41) is 2.06. The lowest BCUT2D eigenvalue weighted by Crippen LogP contribution is -2.57. The van der Waals surface area contributed by atoms with E-state index in [2.05, 4.69) is 16.3 Å². The van der Waals surface area contributed by atoms with E-state index in [4.69, 9.17) is 0 Å². The number of benzene rings is 2. The van der Waals surface area contributed by atoms with Crippen molar-refractivity contribution in [2.75, 3.05) is 32.7 Å². The summed E-state index contributed by atoms with van der Waals surface area (Å²) in [7, 11) is 0. The van der Waals surface area contributed by atoms with Gasteiger partial charge in [-0.15, -0.1) is 11.3 Å². The van der Waals surface area contributed by atoms with Crippen LogP contribution >= 0.6 is 11.3 Å². The average molecular weight is 510 g/mol. The van der Waals surface area contributed by atoms with Crippen molar-refractivity contribution in [3.8, 4) is 0 Å². The van der Waals surface area contributed by atoms with Crippen LogP contribution < -0.4 is 0 Å². The fourth-order valence-corrected chi connectivity index (χ4v) is 6.22. The average Bonchev–Trinajstić information content (AvgIpc) is 3.34. The third-order valence-electron chi connectivity index (χ3n) is 7.14. The van der Waals surface area contributed by atoms with E-state index in [9.17, 15) is 18.4 Å². The Labute approximate surface area is 213 Å². The summed E-state index contributed by atoms with van der Waals surface area (Å²) >= 11 is 1.71. The number of hydrogen-bond acceptors (Lipinski definition) is 4. The number of hydrogen-bond donors (Lipinski definition) is 0. The SMILES string of the molecule is C[C@@H]1CN(C(=O)CN2CCc3sccc3[C@@H]2c2cccc(F)c2)CCN1C(=O)Cc1ccc(F)cc1. The van der Waals surface area contributed by atoms with E-state index in [1.165, 1.54) is 23.1 Å². The molecule has 2 atom stereocenters. The minimum absolute atomic E-state index is 0.0200. The second-order valence-electron chi connectivity index (χ2n) is 9.56. The van der Waals surface area contributed by atoms with Crippen LogP contribution in [0.4, 0.5) is 8.78 Å². The molecule has 0 bridgehead atoms. The Morgan fingerprint density at radius 1 is 0.972 bits per heavy atom. The normalized spacial score (nSPS) is 20.3. The highest BCUT2D eigenvalue weighted by molar-refractivity contribution is 7.10. The first-order valence-electron chi connectivity index (χ1n) is 12.3. The highest BCUT2D eigenvalue weighted by Crippen LogP contribution is 2.37. The third-order valence-corrected chi connectivity index (χ3v) is 8.13. The first-order valence-corrected chi connectivity index (χ1v) is 13.1. The van der Waals surface area contributed by atoms with Crippen molar-refractivity contribution in [2.45, 2.75) is 31.8 Å². The van der Waals surface area contributed by atoms with Crippen LogP contribution in [0, 0.1) is 11.6 Å². The minimum Gasteiger partial charge on any atom is -0.338 e. The molecule has 3 heterocycles. The van der Waals surface area contributed by atoms with Gasteiger partial charge in [-0.25, -0.2) is 8.78 Å². The van der Waals surface area contributed by atoms with Crippen molar-refractivity contribution >= 4 is 23.2 Å². The molecule has 188 valence electrons. The van der Waals surface area contributed by atoms with Crippen molar-refractivity contribution < 1.29 is 18.4 Å². The molecule has 2 aromatic carbocycles.